The largest absolute Gasteiger partial charge is 0.476 e. The van der Waals surface area contributed by atoms with Gasteiger partial charge in [-0.05, 0) is 12.3 Å². The van der Waals surface area contributed by atoms with E-state index in [1.807, 2.05) is 0 Å². The van der Waals surface area contributed by atoms with Crippen molar-refractivity contribution in [2.24, 2.45) is 11.8 Å². The van der Waals surface area contributed by atoms with Crippen molar-refractivity contribution in [1.82, 2.24) is 9.97 Å². The van der Waals surface area contributed by atoms with Crippen LogP contribution in [0.2, 0.25) is 0 Å². The van der Waals surface area contributed by atoms with Gasteiger partial charge in [0, 0.05) is 24.9 Å². The lowest BCUT2D eigenvalue weighted by molar-refractivity contribution is 0.0691. The molecule has 5 nitrogen and oxygen atoms in total. The molecule has 1 saturated carbocycles. The number of anilines is 1. The van der Waals surface area contributed by atoms with E-state index in [0.29, 0.717) is 13.0 Å². The van der Waals surface area contributed by atoms with Crippen LogP contribution in [-0.2, 0) is 0 Å². The number of halogens is 2. The van der Waals surface area contributed by atoms with Crippen LogP contribution in [0.5, 0.6) is 0 Å². The summed E-state index contributed by atoms with van der Waals surface area (Å²) in [6, 6.07) is 0. The van der Waals surface area contributed by atoms with Gasteiger partial charge < -0.3 is 10.4 Å². The summed E-state index contributed by atoms with van der Waals surface area (Å²) in [6.45, 7) is 0.300. The van der Waals surface area contributed by atoms with E-state index in [9.17, 15) is 13.6 Å². The third-order valence-electron chi connectivity index (χ3n) is 2.73. The molecule has 0 saturated heterocycles. The first-order valence-electron chi connectivity index (χ1n) is 5.16. The summed E-state index contributed by atoms with van der Waals surface area (Å²) in [7, 11) is 0. The van der Waals surface area contributed by atoms with Gasteiger partial charge in [-0.1, -0.05) is 0 Å². The monoisotopic (exact) mass is 243 g/mol. The number of carboxylic acids is 1. The van der Waals surface area contributed by atoms with Gasteiger partial charge in [0.15, 0.2) is 11.5 Å². The fourth-order valence-electron chi connectivity index (χ4n) is 1.67. The molecular formula is C10H11F2N3O2. The zero-order valence-electron chi connectivity index (χ0n) is 8.81. The van der Waals surface area contributed by atoms with E-state index >= 15 is 0 Å². The number of hydrogen-bond donors (Lipinski definition) is 2. The van der Waals surface area contributed by atoms with E-state index < -0.39 is 18.3 Å². The van der Waals surface area contributed by atoms with Crippen molar-refractivity contribution in [3.63, 3.8) is 0 Å². The van der Waals surface area contributed by atoms with Crippen LogP contribution in [0.15, 0.2) is 12.4 Å². The Kier molecular flexibility index (Phi) is 3.16. The Morgan fingerprint density at radius 3 is 2.82 bits per heavy atom. The predicted molar refractivity (Wildman–Crippen MR) is 55.1 cm³/mol. The molecule has 0 aromatic carbocycles. The second-order valence-corrected chi connectivity index (χ2v) is 3.93. The maximum Gasteiger partial charge on any atom is 0.358 e. The molecule has 1 aliphatic carbocycles. The highest BCUT2D eigenvalue weighted by molar-refractivity contribution is 5.90. The number of nitrogens with zero attached hydrogens (tertiary/aromatic N) is 2. The molecule has 92 valence electrons. The molecule has 1 aromatic rings. The third-order valence-corrected chi connectivity index (χ3v) is 2.73. The molecule has 1 heterocycles. The van der Waals surface area contributed by atoms with E-state index in [-0.39, 0.29) is 17.4 Å². The van der Waals surface area contributed by atoms with E-state index in [2.05, 4.69) is 15.3 Å². The topological polar surface area (TPSA) is 75.1 Å². The van der Waals surface area contributed by atoms with E-state index in [0.717, 1.165) is 0 Å². The Balaban J connectivity index is 1.94. The zero-order valence-corrected chi connectivity index (χ0v) is 8.81. The Bertz CT molecular complexity index is 428. The molecule has 2 N–H and O–H groups in total. The Labute approximate surface area is 95.9 Å². The van der Waals surface area contributed by atoms with E-state index in [1.54, 1.807) is 0 Å². The average Bonchev–Trinajstić information content (AvgIpc) is 3.06. The maximum atomic E-state index is 12.3. The number of aromatic carboxylic acids is 1. The van der Waals surface area contributed by atoms with Gasteiger partial charge in [-0.2, -0.15) is 0 Å². The second-order valence-electron chi connectivity index (χ2n) is 3.93. The lowest BCUT2D eigenvalue weighted by atomic mass is 10.3. The average molecular weight is 243 g/mol. The van der Waals surface area contributed by atoms with E-state index in [1.165, 1.54) is 12.4 Å². The summed E-state index contributed by atoms with van der Waals surface area (Å²) >= 11 is 0. The first kappa shape index (κ1) is 11.7. The minimum atomic E-state index is -2.30. The lowest BCUT2D eigenvalue weighted by Crippen LogP contribution is -2.13. The summed E-state index contributed by atoms with van der Waals surface area (Å²) in [5.41, 5.74) is -0.193. The highest BCUT2D eigenvalue weighted by Crippen LogP contribution is 2.42. The molecule has 0 radical (unpaired) electrons. The highest BCUT2D eigenvalue weighted by Gasteiger charge is 2.43. The molecule has 1 aromatic heterocycles. The van der Waals surface area contributed by atoms with Gasteiger partial charge in [0.25, 0.3) is 0 Å². The van der Waals surface area contributed by atoms with Crippen LogP contribution in [0.3, 0.4) is 0 Å². The number of carboxylic acid groups (broad SMARTS) is 1. The van der Waals surface area contributed by atoms with Crippen LogP contribution in [0.1, 0.15) is 16.9 Å². The van der Waals surface area contributed by atoms with Crippen molar-refractivity contribution >= 4 is 11.8 Å². The molecule has 0 spiro atoms. The molecule has 2 rings (SSSR count). The fraction of sp³-hybridized carbons (Fsp3) is 0.500. The predicted octanol–water partition coefficient (Wildman–Crippen LogP) is 1.49. The molecule has 1 fully saturated rings. The first-order valence-corrected chi connectivity index (χ1v) is 5.16. The Hall–Kier alpha value is -1.79. The van der Waals surface area contributed by atoms with Gasteiger partial charge in [-0.15, -0.1) is 0 Å². The number of alkyl halides is 2. The van der Waals surface area contributed by atoms with Crippen LogP contribution < -0.4 is 5.32 Å². The molecule has 17 heavy (non-hydrogen) atoms. The normalized spacial score (nSPS) is 22.5. The number of hydrogen-bond acceptors (Lipinski definition) is 4. The highest BCUT2D eigenvalue weighted by atomic mass is 19.3. The molecule has 7 heteroatoms. The van der Waals surface area contributed by atoms with Crippen molar-refractivity contribution in [2.75, 3.05) is 11.9 Å². The Morgan fingerprint density at radius 2 is 2.24 bits per heavy atom. The van der Waals surface area contributed by atoms with Crippen LogP contribution in [0, 0.1) is 11.8 Å². The minimum Gasteiger partial charge on any atom is -0.476 e. The van der Waals surface area contributed by atoms with Crippen molar-refractivity contribution in [3.8, 4) is 0 Å². The van der Waals surface area contributed by atoms with Gasteiger partial charge in [-0.25, -0.2) is 23.5 Å². The molecule has 2 atom stereocenters. The third kappa shape index (κ3) is 2.66. The van der Waals surface area contributed by atoms with Gasteiger partial charge in [0.1, 0.15) is 0 Å². The summed E-state index contributed by atoms with van der Waals surface area (Å²) in [5, 5.41) is 11.6. The standard InChI is InChI=1S/C10H11F2N3O2/c11-8(12)6-3-5(6)4-15-9-7(10(16)17)13-1-2-14-9/h1-2,5-6,8H,3-4H2,(H,14,15)(H,16,17)/t5-,6-/m0/s1. The van der Waals surface area contributed by atoms with Crippen LogP contribution in [0.25, 0.3) is 0 Å². The summed E-state index contributed by atoms with van der Waals surface area (Å²) in [5.74, 6) is -1.76. The van der Waals surface area contributed by atoms with Crippen molar-refractivity contribution < 1.29 is 18.7 Å². The first-order chi connectivity index (χ1) is 8.09. The quantitative estimate of drug-likeness (QED) is 0.819. The van der Waals surface area contributed by atoms with Crippen molar-refractivity contribution in [3.05, 3.63) is 18.1 Å². The lowest BCUT2D eigenvalue weighted by Gasteiger charge is -2.06. The number of nitrogens with one attached hydrogen (secondary N) is 1. The van der Waals surface area contributed by atoms with Crippen LogP contribution >= 0.6 is 0 Å². The molecule has 0 bridgehead atoms. The van der Waals surface area contributed by atoms with Gasteiger partial charge in [0.2, 0.25) is 6.43 Å². The van der Waals surface area contributed by atoms with Gasteiger partial charge in [0.05, 0.1) is 0 Å². The van der Waals surface area contributed by atoms with Crippen LogP contribution in [0.4, 0.5) is 14.6 Å². The maximum absolute atomic E-state index is 12.3. The molecule has 0 aliphatic heterocycles. The zero-order chi connectivity index (χ0) is 12.4. The smallest absolute Gasteiger partial charge is 0.358 e. The van der Waals surface area contributed by atoms with Gasteiger partial charge >= 0.3 is 5.97 Å². The van der Waals surface area contributed by atoms with Gasteiger partial charge in [-0.3, -0.25) is 0 Å². The number of carbonyl (C=O) groups is 1. The number of rotatable bonds is 5. The summed E-state index contributed by atoms with van der Waals surface area (Å²) < 4.78 is 24.5. The SMILES string of the molecule is O=C(O)c1nccnc1NC[C@@H]1C[C@@H]1C(F)F. The summed E-state index contributed by atoms with van der Waals surface area (Å²) in [6.07, 6.45) is 0.787. The fourth-order valence-corrected chi connectivity index (χ4v) is 1.67. The molecule has 0 amide bonds. The summed E-state index contributed by atoms with van der Waals surface area (Å²) in [4.78, 5) is 18.3. The van der Waals surface area contributed by atoms with Crippen molar-refractivity contribution in [2.45, 2.75) is 12.8 Å². The second kappa shape index (κ2) is 4.60. The van der Waals surface area contributed by atoms with E-state index in [4.69, 9.17) is 5.11 Å². The Morgan fingerprint density at radius 1 is 1.53 bits per heavy atom. The van der Waals surface area contributed by atoms with Crippen molar-refractivity contribution in [1.29, 1.82) is 0 Å². The molecule has 1 aliphatic rings. The van der Waals surface area contributed by atoms with Crippen LogP contribution in [-0.4, -0.2) is 34.0 Å². The minimum absolute atomic E-state index is 0.112. The number of aromatic nitrogens is 2. The molecular weight excluding hydrogens is 232 g/mol. The molecule has 0 unspecified atom stereocenters.